The van der Waals surface area contributed by atoms with Crippen molar-refractivity contribution in [2.45, 2.75) is 64.2 Å². The first-order valence-electron chi connectivity index (χ1n) is 9.91. The van der Waals surface area contributed by atoms with Gasteiger partial charge in [-0.3, -0.25) is 0 Å². The molecule has 23 heavy (non-hydrogen) atoms. The van der Waals surface area contributed by atoms with Crippen LogP contribution in [0.15, 0.2) is 23.3 Å². The SMILES string of the molecule is CN1CCC(=C2C3CCCCC3C=CC3CCCCC23)CC1.Cl. The van der Waals surface area contributed by atoms with E-state index in [1.807, 2.05) is 11.1 Å². The summed E-state index contributed by atoms with van der Waals surface area (Å²) in [7, 11) is 2.29. The summed E-state index contributed by atoms with van der Waals surface area (Å²) in [6, 6.07) is 0. The van der Waals surface area contributed by atoms with Crippen LogP contribution in [-0.4, -0.2) is 25.0 Å². The number of hydrogen-bond acceptors (Lipinski definition) is 1. The second kappa shape index (κ2) is 7.74. The lowest BCUT2D eigenvalue weighted by molar-refractivity contribution is 0.252. The van der Waals surface area contributed by atoms with Crippen molar-refractivity contribution >= 4 is 12.4 Å². The number of likely N-dealkylation sites (tertiary alicyclic amines) is 1. The highest BCUT2D eigenvalue weighted by atomic mass is 35.5. The summed E-state index contributed by atoms with van der Waals surface area (Å²) in [6.45, 7) is 2.59. The van der Waals surface area contributed by atoms with Crippen molar-refractivity contribution in [3.8, 4) is 0 Å². The lowest BCUT2D eigenvalue weighted by atomic mass is 9.66. The maximum absolute atomic E-state index is 2.66. The summed E-state index contributed by atoms with van der Waals surface area (Å²) in [5.41, 5.74) is 3.89. The van der Waals surface area contributed by atoms with E-state index in [1.165, 1.54) is 77.3 Å². The Labute approximate surface area is 149 Å². The van der Waals surface area contributed by atoms with Crippen LogP contribution in [0.1, 0.15) is 64.2 Å². The van der Waals surface area contributed by atoms with Crippen molar-refractivity contribution in [1.82, 2.24) is 4.90 Å². The van der Waals surface area contributed by atoms with E-state index in [9.17, 15) is 0 Å². The highest BCUT2D eigenvalue weighted by molar-refractivity contribution is 5.85. The Kier molecular flexibility index (Phi) is 5.91. The van der Waals surface area contributed by atoms with E-state index < -0.39 is 0 Å². The summed E-state index contributed by atoms with van der Waals surface area (Å²) < 4.78 is 0. The predicted octanol–water partition coefficient (Wildman–Crippen LogP) is 5.61. The average Bonchev–Trinajstić information content (AvgIpc) is 2.73. The first-order valence-corrected chi connectivity index (χ1v) is 9.91. The van der Waals surface area contributed by atoms with Gasteiger partial charge in [-0.2, -0.15) is 0 Å². The minimum Gasteiger partial charge on any atom is -0.306 e. The van der Waals surface area contributed by atoms with Gasteiger partial charge in [0.25, 0.3) is 0 Å². The Bertz CT molecular complexity index is 428. The second-order valence-corrected chi connectivity index (χ2v) is 8.36. The first kappa shape index (κ1) is 17.5. The van der Waals surface area contributed by atoms with Gasteiger partial charge in [-0.05, 0) is 69.2 Å². The fraction of sp³-hybridized carbons (Fsp3) is 0.810. The molecule has 4 aliphatic rings. The maximum Gasteiger partial charge on any atom is 0.00158 e. The lowest BCUT2D eigenvalue weighted by Gasteiger charge is -2.40. The molecule has 4 atom stereocenters. The minimum absolute atomic E-state index is 0. The fourth-order valence-corrected chi connectivity index (χ4v) is 5.81. The molecule has 1 aliphatic heterocycles. The Balaban J connectivity index is 0.00000156. The molecule has 1 saturated heterocycles. The molecule has 4 rings (SSSR count). The van der Waals surface area contributed by atoms with Crippen molar-refractivity contribution in [3.05, 3.63) is 23.3 Å². The normalized spacial score (nSPS) is 38.3. The van der Waals surface area contributed by atoms with E-state index in [-0.39, 0.29) is 12.4 Å². The monoisotopic (exact) mass is 335 g/mol. The van der Waals surface area contributed by atoms with E-state index in [0.717, 1.165) is 23.7 Å². The predicted molar refractivity (Wildman–Crippen MR) is 101 cm³/mol. The maximum atomic E-state index is 2.66. The molecule has 1 heterocycles. The zero-order chi connectivity index (χ0) is 14.9. The molecule has 0 aromatic carbocycles. The van der Waals surface area contributed by atoms with Crippen LogP contribution in [-0.2, 0) is 0 Å². The molecule has 0 amide bonds. The molecule has 1 nitrogen and oxygen atoms in total. The third kappa shape index (κ3) is 3.56. The van der Waals surface area contributed by atoms with Gasteiger partial charge in [-0.25, -0.2) is 0 Å². The van der Waals surface area contributed by atoms with Gasteiger partial charge < -0.3 is 4.90 Å². The molecule has 130 valence electrons. The smallest absolute Gasteiger partial charge is 0.00158 e. The van der Waals surface area contributed by atoms with Crippen LogP contribution in [0.2, 0.25) is 0 Å². The standard InChI is InChI=1S/C21H33N.ClH/c1-22-14-12-18(13-15-22)21-19-8-4-2-6-16(19)10-11-17-7-3-5-9-20(17)21;/h10-11,16-17,19-20H,2-9,12-15H2,1H3;1H. The zero-order valence-electron chi connectivity index (χ0n) is 14.8. The summed E-state index contributed by atoms with van der Waals surface area (Å²) in [4.78, 5) is 2.52. The number of piperidine rings is 1. The third-order valence-corrected chi connectivity index (χ3v) is 7.04. The Morgan fingerprint density at radius 1 is 0.783 bits per heavy atom. The molecule has 3 aliphatic carbocycles. The summed E-state index contributed by atoms with van der Waals surface area (Å²) >= 11 is 0. The third-order valence-electron chi connectivity index (χ3n) is 7.04. The first-order chi connectivity index (χ1) is 10.8. The van der Waals surface area contributed by atoms with Crippen LogP contribution in [0, 0.1) is 23.7 Å². The van der Waals surface area contributed by atoms with Crippen molar-refractivity contribution in [1.29, 1.82) is 0 Å². The quantitative estimate of drug-likeness (QED) is 0.520. The van der Waals surface area contributed by atoms with Gasteiger partial charge in [0, 0.05) is 13.1 Å². The van der Waals surface area contributed by atoms with Crippen LogP contribution in [0.4, 0.5) is 0 Å². The minimum atomic E-state index is 0. The fourth-order valence-electron chi connectivity index (χ4n) is 5.81. The largest absolute Gasteiger partial charge is 0.306 e. The van der Waals surface area contributed by atoms with Crippen LogP contribution in [0.5, 0.6) is 0 Å². The molecule has 0 spiro atoms. The van der Waals surface area contributed by atoms with Gasteiger partial charge in [-0.15, -0.1) is 12.4 Å². The zero-order valence-corrected chi connectivity index (χ0v) is 15.6. The van der Waals surface area contributed by atoms with E-state index in [0.29, 0.717) is 0 Å². The van der Waals surface area contributed by atoms with E-state index in [4.69, 9.17) is 0 Å². The number of fused-ring (bicyclic) bond motifs is 2. The number of halogens is 1. The van der Waals surface area contributed by atoms with Gasteiger partial charge in [0.2, 0.25) is 0 Å². The van der Waals surface area contributed by atoms with Gasteiger partial charge in [0.15, 0.2) is 0 Å². The Morgan fingerprint density at radius 2 is 1.26 bits per heavy atom. The molecular weight excluding hydrogens is 302 g/mol. The molecule has 0 bridgehead atoms. The molecule has 0 aromatic heterocycles. The number of hydrogen-bond donors (Lipinski definition) is 0. The van der Waals surface area contributed by atoms with Gasteiger partial charge in [0.1, 0.15) is 0 Å². The highest BCUT2D eigenvalue weighted by Gasteiger charge is 2.38. The Hall–Kier alpha value is -0.270. The summed E-state index contributed by atoms with van der Waals surface area (Å²) in [6.07, 6.45) is 19.8. The van der Waals surface area contributed by atoms with Crippen molar-refractivity contribution < 1.29 is 0 Å². The van der Waals surface area contributed by atoms with Crippen molar-refractivity contribution in [2.24, 2.45) is 23.7 Å². The topological polar surface area (TPSA) is 3.24 Å². The van der Waals surface area contributed by atoms with Crippen LogP contribution in [0.25, 0.3) is 0 Å². The molecular formula is C21H34ClN. The molecule has 2 heteroatoms. The van der Waals surface area contributed by atoms with E-state index >= 15 is 0 Å². The number of rotatable bonds is 0. The lowest BCUT2D eigenvalue weighted by Crippen LogP contribution is -2.32. The van der Waals surface area contributed by atoms with Crippen LogP contribution >= 0.6 is 12.4 Å². The highest BCUT2D eigenvalue weighted by Crippen LogP contribution is 2.50. The van der Waals surface area contributed by atoms with E-state index in [1.54, 1.807) is 0 Å². The molecule has 2 saturated carbocycles. The van der Waals surface area contributed by atoms with Gasteiger partial charge >= 0.3 is 0 Å². The van der Waals surface area contributed by atoms with E-state index in [2.05, 4.69) is 24.1 Å². The Morgan fingerprint density at radius 3 is 1.78 bits per heavy atom. The molecule has 0 radical (unpaired) electrons. The number of nitrogens with zero attached hydrogens (tertiary/aromatic N) is 1. The second-order valence-electron chi connectivity index (χ2n) is 8.36. The van der Waals surface area contributed by atoms with Crippen molar-refractivity contribution in [2.75, 3.05) is 20.1 Å². The molecule has 0 aromatic rings. The average molecular weight is 336 g/mol. The summed E-state index contributed by atoms with van der Waals surface area (Å²) in [5.74, 6) is 3.58. The molecule has 0 N–H and O–H groups in total. The molecule has 4 unspecified atom stereocenters. The van der Waals surface area contributed by atoms with Gasteiger partial charge in [-0.1, -0.05) is 49.0 Å². The molecule has 3 fully saturated rings. The van der Waals surface area contributed by atoms with Crippen LogP contribution in [0.3, 0.4) is 0 Å². The van der Waals surface area contributed by atoms with Crippen molar-refractivity contribution in [3.63, 3.8) is 0 Å². The summed E-state index contributed by atoms with van der Waals surface area (Å²) in [5, 5.41) is 0. The van der Waals surface area contributed by atoms with Crippen LogP contribution < -0.4 is 0 Å². The van der Waals surface area contributed by atoms with Gasteiger partial charge in [0.05, 0.1) is 0 Å². The number of allylic oxidation sites excluding steroid dienone is 3.